The van der Waals surface area contributed by atoms with E-state index in [1.165, 1.54) is 0 Å². The van der Waals surface area contributed by atoms with Crippen LogP contribution in [-0.2, 0) is 4.74 Å². The quantitative estimate of drug-likeness (QED) is 0.734. The Balaban J connectivity index is 1.91. The van der Waals surface area contributed by atoms with E-state index >= 15 is 0 Å². The topological polar surface area (TPSA) is 21.3 Å². The van der Waals surface area contributed by atoms with E-state index in [4.69, 9.17) is 4.74 Å². The largest absolute Gasteiger partial charge is 0.495 e. The fourth-order valence-corrected chi connectivity index (χ4v) is 2.13. The Kier molecular flexibility index (Phi) is 3.40. The van der Waals surface area contributed by atoms with Crippen LogP contribution in [0.5, 0.6) is 0 Å². The average Bonchev–Trinajstić information content (AvgIpc) is 2.30. The van der Waals surface area contributed by atoms with E-state index in [2.05, 4.69) is 5.32 Å². The minimum atomic E-state index is -0.886. The van der Waals surface area contributed by atoms with Gasteiger partial charge >= 0.3 is 0 Å². The zero-order chi connectivity index (χ0) is 9.80. The van der Waals surface area contributed by atoms with Crippen LogP contribution < -0.4 is 5.32 Å². The van der Waals surface area contributed by atoms with Gasteiger partial charge in [-0.1, -0.05) is 0 Å². The molecule has 2 aliphatic rings. The van der Waals surface area contributed by atoms with Crippen LogP contribution in [0.25, 0.3) is 0 Å². The third-order valence-corrected chi connectivity index (χ3v) is 2.98. The van der Waals surface area contributed by atoms with Gasteiger partial charge < -0.3 is 10.1 Å². The number of piperidine rings is 1. The van der Waals surface area contributed by atoms with Gasteiger partial charge in [-0.05, 0) is 38.3 Å². The molecule has 0 aromatic heterocycles. The normalized spacial score (nSPS) is 30.4. The fourth-order valence-electron chi connectivity index (χ4n) is 2.13. The molecular formula is C11H18FNO. The Morgan fingerprint density at radius 2 is 2.43 bits per heavy atom. The molecule has 2 atom stereocenters. The maximum atomic E-state index is 13.9. The first kappa shape index (κ1) is 9.97. The van der Waals surface area contributed by atoms with Crippen molar-refractivity contribution in [1.29, 1.82) is 0 Å². The van der Waals surface area contributed by atoms with Crippen molar-refractivity contribution in [2.24, 2.45) is 5.92 Å². The van der Waals surface area contributed by atoms with Crippen molar-refractivity contribution in [3.63, 3.8) is 0 Å². The zero-order valence-corrected chi connectivity index (χ0v) is 8.47. The van der Waals surface area contributed by atoms with E-state index in [1.54, 1.807) is 0 Å². The van der Waals surface area contributed by atoms with Crippen LogP contribution in [0.4, 0.5) is 4.39 Å². The smallest absolute Gasteiger partial charge is 0.161 e. The highest BCUT2D eigenvalue weighted by Crippen LogP contribution is 2.26. The molecule has 0 aromatic carbocycles. The standard InChI is InChI=1S/C11H18FNO/c12-11(9-4-3-6-13-8-9)10-5-1-2-7-14-10/h5,9,11,13H,1-4,6-8H2. The number of halogens is 1. The molecule has 2 heterocycles. The number of ether oxygens (including phenoxy) is 1. The van der Waals surface area contributed by atoms with Gasteiger partial charge in [-0.25, -0.2) is 4.39 Å². The van der Waals surface area contributed by atoms with E-state index in [0.717, 1.165) is 38.8 Å². The van der Waals surface area contributed by atoms with Gasteiger partial charge in [0.2, 0.25) is 0 Å². The van der Waals surface area contributed by atoms with E-state index < -0.39 is 6.17 Å². The minimum absolute atomic E-state index is 0.119. The van der Waals surface area contributed by atoms with Gasteiger partial charge in [0.1, 0.15) is 5.76 Å². The van der Waals surface area contributed by atoms with Gasteiger partial charge in [0.15, 0.2) is 6.17 Å². The van der Waals surface area contributed by atoms with Gasteiger partial charge in [-0.15, -0.1) is 0 Å². The van der Waals surface area contributed by atoms with Crippen LogP contribution >= 0.6 is 0 Å². The van der Waals surface area contributed by atoms with Crippen molar-refractivity contribution < 1.29 is 9.13 Å². The first-order valence-corrected chi connectivity index (χ1v) is 5.55. The summed E-state index contributed by atoms with van der Waals surface area (Å²) in [5, 5.41) is 3.23. The lowest BCUT2D eigenvalue weighted by atomic mass is 9.93. The highest BCUT2D eigenvalue weighted by atomic mass is 19.1. The molecule has 0 aliphatic carbocycles. The second-order valence-corrected chi connectivity index (χ2v) is 4.11. The monoisotopic (exact) mass is 199 g/mol. The van der Waals surface area contributed by atoms with Crippen LogP contribution in [-0.4, -0.2) is 25.9 Å². The Bertz CT molecular complexity index is 211. The first-order valence-electron chi connectivity index (χ1n) is 5.55. The summed E-state index contributed by atoms with van der Waals surface area (Å²) < 4.78 is 19.3. The molecule has 14 heavy (non-hydrogen) atoms. The number of alkyl halides is 1. The van der Waals surface area contributed by atoms with E-state index in [0.29, 0.717) is 12.4 Å². The average molecular weight is 199 g/mol. The number of nitrogens with one attached hydrogen (secondary N) is 1. The Morgan fingerprint density at radius 3 is 3.07 bits per heavy atom. The number of hydrogen-bond acceptors (Lipinski definition) is 2. The maximum absolute atomic E-state index is 13.9. The molecular weight excluding hydrogens is 181 g/mol. The lowest BCUT2D eigenvalue weighted by Gasteiger charge is -2.28. The highest BCUT2D eigenvalue weighted by molar-refractivity contribution is 5.05. The van der Waals surface area contributed by atoms with Crippen LogP contribution in [0, 0.1) is 5.92 Å². The summed E-state index contributed by atoms with van der Waals surface area (Å²) in [6.07, 6.45) is 5.09. The van der Waals surface area contributed by atoms with Crippen LogP contribution in [0.2, 0.25) is 0 Å². The molecule has 0 saturated carbocycles. The summed E-state index contributed by atoms with van der Waals surface area (Å²) in [5.41, 5.74) is 0. The molecule has 0 radical (unpaired) electrons. The van der Waals surface area contributed by atoms with Crippen molar-refractivity contribution in [2.45, 2.75) is 31.9 Å². The molecule has 2 unspecified atom stereocenters. The van der Waals surface area contributed by atoms with E-state index in [-0.39, 0.29) is 5.92 Å². The summed E-state index contributed by atoms with van der Waals surface area (Å²) in [7, 11) is 0. The maximum Gasteiger partial charge on any atom is 0.161 e. The molecule has 0 bridgehead atoms. The van der Waals surface area contributed by atoms with Crippen molar-refractivity contribution in [2.75, 3.05) is 19.7 Å². The Hall–Kier alpha value is -0.570. The van der Waals surface area contributed by atoms with Gasteiger partial charge in [0, 0.05) is 12.5 Å². The molecule has 1 fully saturated rings. The molecule has 0 spiro atoms. The Labute approximate surface area is 84.5 Å². The number of allylic oxidation sites excluding steroid dienone is 2. The third kappa shape index (κ3) is 2.27. The molecule has 80 valence electrons. The lowest BCUT2D eigenvalue weighted by molar-refractivity contribution is 0.103. The molecule has 1 saturated heterocycles. The summed E-state index contributed by atoms with van der Waals surface area (Å²) >= 11 is 0. The molecule has 0 amide bonds. The van der Waals surface area contributed by atoms with E-state index in [9.17, 15) is 4.39 Å². The lowest BCUT2D eigenvalue weighted by Crippen LogP contribution is -2.36. The second kappa shape index (κ2) is 4.78. The number of hydrogen-bond donors (Lipinski definition) is 1. The molecule has 0 aromatic rings. The van der Waals surface area contributed by atoms with Crippen LogP contribution in [0.15, 0.2) is 11.8 Å². The van der Waals surface area contributed by atoms with Gasteiger partial charge in [0.05, 0.1) is 6.61 Å². The third-order valence-electron chi connectivity index (χ3n) is 2.98. The number of rotatable bonds is 2. The van der Waals surface area contributed by atoms with Gasteiger partial charge in [-0.3, -0.25) is 0 Å². The highest BCUT2D eigenvalue weighted by Gasteiger charge is 2.28. The Morgan fingerprint density at radius 1 is 1.50 bits per heavy atom. The van der Waals surface area contributed by atoms with Crippen molar-refractivity contribution in [1.82, 2.24) is 5.32 Å². The van der Waals surface area contributed by atoms with Gasteiger partial charge in [0.25, 0.3) is 0 Å². The van der Waals surface area contributed by atoms with E-state index in [1.807, 2.05) is 6.08 Å². The summed E-state index contributed by atoms with van der Waals surface area (Å²) in [6.45, 7) is 2.51. The van der Waals surface area contributed by atoms with Gasteiger partial charge in [-0.2, -0.15) is 0 Å². The fraction of sp³-hybridized carbons (Fsp3) is 0.818. The zero-order valence-electron chi connectivity index (χ0n) is 8.47. The predicted octanol–water partition coefficient (Wildman–Crippen LogP) is 2.02. The van der Waals surface area contributed by atoms with Crippen LogP contribution in [0.3, 0.4) is 0 Å². The predicted molar refractivity (Wildman–Crippen MR) is 53.8 cm³/mol. The van der Waals surface area contributed by atoms with Crippen molar-refractivity contribution >= 4 is 0 Å². The SMILES string of the molecule is FC(C1=CCCCO1)C1CCCNC1. The molecule has 1 N–H and O–H groups in total. The van der Waals surface area contributed by atoms with Crippen LogP contribution in [0.1, 0.15) is 25.7 Å². The second-order valence-electron chi connectivity index (χ2n) is 4.11. The summed E-state index contributed by atoms with van der Waals surface area (Å²) in [4.78, 5) is 0. The summed E-state index contributed by atoms with van der Waals surface area (Å²) in [5.74, 6) is 0.707. The minimum Gasteiger partial charge on any atom is -0.495 e. The first-order chi connectivity index (χ1) is 6.88. The molecule has 2 rings (SSSR count). The summed E-state index contributed by atoms with van der Waals surface area (Å²) in [6, 6.07) is 0. The molecule has 2 nitrogen and oxygen atoms in total. The van der Waals surface area contributed by atoms with Crippen molar-refractivity contribution in [3.05, 3.63) is 11.8 Å². The molecule has 2 aliphatic heterocycles. The van der Waals surface area contributed by atoms with Crippen molar-refractivity contribution in [3.8, 4) is 0 Å². The molecule has 3 heteroatoms.